The van der Waals surface area contributed by atoms with Crippen molar-refractivity contribution in [3.8, 4) is 0 Å². The van der Waals surface area contributed by atoms with Crippen LogP contribution >= 0.6 is 0 Å². The van der Waals surface area contributed by atoms with Gasteiger partial charge in [0.15, 0.2) is 0 Å². The lowest BCUT2D eigenvalue weighted by Crippen LogP contribution is -2.64. The average Bonchev–Trinajstić information content (AvgIpc) is 0.668. The Balaban J connectivity index is 0.0000000963. The standard InChI is InChI=1S/C44H41BN2.2C43H39BN2/c1-26(2)30-17-18-36-41(25-30)46(33-10-6-9-27(3)19-33)39-15-8-16-40-42(39)45(36)37-13-7-12-35-43(37)47(40)38-14-5-4-11-34(38)44(35)31-21-28-20-29(23-31)24-32(44)22-28;1-3-27-17-18-35-40(25-27)45(32-10-6-9-26(2)19-32)38-15-8-16-39-41(38)44(35)36-13-7-12-34-42(36)46(39)37-14-5-4-11-33(37)43(34)30-21-28-20-29(23-30)24-31(43)22-28;1-3-27-17-18-38-36(25-27)44-35-13-7-12-34-42(35)46(40-16-8-15-39(41(40)44)45(38)32-10-6-9-26(2)19-32)37-14-5-4-11-33(37)43(34)30-21-28-20-29(23-30)24-31(43)22-28/h4-19,25-26,28-29,31-32H,20-24H2,1-3H3;2*4-19,25,28-31H,3,20-24H2,1-2H3. The van der Waals surface area contributed by atoms with Crippen LogP contribution in [0.2, 0.25) is 0 Å². The first-order valence-corrected chi connectivity index (χ1v) is 53.8. The molecule has 15 aromatic rings. The van der Waals surface area contributed by atoms with Crippen LogP contribution in [0.5, 0.6) is 0 Å². The van der Waals surface area contributed by atoms with Gasteiger partial charge in [-0.05, 0) is 432 Å². The van der Waals surface area contributed by atoms with Gasteiger partial charge in [-0.3, -0.25) is 0 Å². The molecule has 12 saturated carbocycles. The van der Waals surface area contributed by atoms with Gasteiger partial charge in [0.25, 0.3) is 20.1 Å². The summed E-state index contributed by atoms with van der Waals surface area (Å²) in [6.07, 6.45) is 23.4. The second-order valence-electron chi connectivity index (χ2n) is 46.7. The Morgan fingerprint density at radius 2 is 0.525 bits per heavy atom. The first kappa shape index (κ1) is 81.2. The van der Waals surface area contributed by atoms with Crippen LogP contribution in [0.15, 0.2) is 309 Å². The number of para-hydroxylation sites is 6. The zero-order valence-electron chi connectivity index (χ0n) is 81.4. The highest BCUT2D eigenvalue weighted by Crippen LogP contribution is 2.74. The van der Waals surface area contributed by atoms with Crippen LogP contribution in [0.3, 0.4) is 0 Å². The highest BCUT2D eigenvalue weighted by atomic mass is 15.2. The first-order chi connectivity index (χ1) is 68.3. The van der Waals surface area contributed by atoms with Crippen molar-refractivity contribution in [3.05, 3.63) is 376 Å². The third kappa shape index (κ3) is 10.7. The maximum atomic E-state index is 2.70. The van der Waals surface area contributed by atoms with E-state index in [2.05, 4.69) is 387 Å². The summed E-state index contributed by atoms with van der Waals surface area (Å²) in [6.45, 7) is 16.5. The van der Waals surface area contributed by atoms with Crippen LogP contribution in [0, 0.1) is 91.8 Å². The molecule has 15 aromatic carbocycles. The molecule has 9 heteroatoms. The molecule has 21 aliphatic rings. The van der Waals surface area contributed by atoms with Crippen LogP contribution in [0.4, 0.5) is 102 Å². The minimum absolute atomic E-state index is 0.119. The molecule has 0 aromatic heterocycles. The van der Waals surface area contributed by atoms with Gasteiger partial charge in [0.1, 0.15) is 0 Å². The predicted octanol–water partition coefficient (Wildman–Crippen LogP) is 26.6. The van der Waals surface area contributed by atoms with E-state index in [1.54, 1.807) is 33.4 Å². The van der Waals surface area contributed by atoms with Crippen molar-refractivity contribution < 1.29 is 0 Å². The summed E-state index contributed by atoms with van der Waals surface area (Å²) < 4.78 is 0. The van der Waals surface area contributed by atoms with E-state index in [0.717, 1.165) is 83.9 Å². The van der Waals surface area contributed by atoms with E-state index in [1.165, 1.54) is 281 Å². The van der Waals surface area contributed by atoms with E-state index in [-0.39, 0.29) is 36.4 Å². The van der Waals surface area contributed by atoms with Crippen molar-refractivity contribution >= 4 is 172 Å². The Hall–Kier alpha value is -12.7. The molecule has 6 nitrogen and oxygen atoms in total. The van der Waals surface area contributed by atoms with Gasteiger partial charge < -0.3 is 29.4 Å². The second-order valence-corrected chi connectivity index (χ2v) is 46.7. The van der Waals surface area contributed by atoms with Crippen molar-refractivity contribution in [1.29, 1.82) is 0 Å². The minimum Gasteiger partial charge on any atom is -0.311 e. The first-order valence-electron chi connectivity index (χ1n) is 53.8. The van der Waals surface area contributed by atoms with E-state index in [1.807, 2.05) is 0 Å². The fraction of sp³-hybridized carbons (Fsp3) is 0.308. The van der Waals surface area contributed by atoms with Crippen LogP contribution in [0.25, 0.3) is 0 Å². The number of nitrogens with zero attached hydrogens (tertiary/aromatic N) is 6. The summed E-state index contributed by atoms with van der Waals surface area (Å²) in [5.74, 6) is 10.5. The zero-order chi connectivity index (χ0) is 91.8. The van der Waals surface area contributed by atoms with Crippen molar-refractivity contribution in [2.75, 3.05) is 29.4 Å². The minimum atomic E-state index is 0.119. The molecule has 0 N–H and O–H groups in total. The van der Waals surface area contributed by atoms with E-state index >= 15 is 0 Å². The van der Waals surface area contributed by atoms with Gasteiger partial charge in [-0.15, -0.1) is 0 Å². The molecule has 0 radical (unpaired) electrons. The Labute approximate surface area is 822 Å². The maximum Gasteiger partial charge on any atom is 0.252 e. The molecule has 0 atom stereocenters. The number of rotatable bonds is 6. The highest BCUT2D eigenvalue weighted by Gasteiger charge is 2.67. The van der Waals surface area contributed by atoms with Gasteiger partial charge in [0.05, 0.1) is 17.1 Å². The lowest BCUT2D eigenvalue weighted by atomic mass is 9.32. The Morgan fingerprint density at radius 3 is 0.878 bits per heavy atom. The fourth-order valence-electron chi connectivity index (χ4n) is 35.7. The molecule has 36 rings (SSSR count). The van der Waals surface area contributed by atoms with Crippen LogP contribution in [-0.2, 0) is 29.1 Å². The number of fused-ring (bicyclic) bond motifs is 18. The Bertz CT molecular complexity index is 7720. The topological polar surface area (TPSA) is 19.4 Å². The molecule has 12 aliphatic carbocycles. The summed E-state index contributed by atoms with van der Waals surface area (Å²) >= 11 is 0. The summed E-state index contributed by atoms with van der Waals surface area (Å²) in [4.78, 5) is 15.8. The van der Waals surface area contributed by atoms with Crippen molar-refractivity contribution in [3.63, 3.8) is 0 Å². The van der Waals surface area contributed by atoms with Gasteiger partial charge in [0, 0.05) is 102 Å². The smallest absolute Gasteiger partial charge is 0.252 e. The summed E-state index contributed by atoms with van der Waals surface area (Å²) in [5.41, 5.74) is 55.8. The van der Waals surface area contributed by atoms with Gasteiger partial charge in [-0.1, -0.05) is 228 Å². The molecule has 9 aliphatic heterocycles. The van der Waals surface area contributed by atoms with Gasteiger partial charge in [0.2, 0.25) is 0 Å². The van der Waals surface area contributed by atoms with Crippen molar-refractivity contribution in [2.24, 2.45) is 71.0 Å². The Morgan fingerprint density at radius 1 is 0.237 bits per heavy atom. The van der Waals surface area contributed by atoms with Gasteiger partial charge in [-0.25, -0.2) is 0 Å². The molecular formula is C130H119B3N6. The second kappa shape index (κ2) is 29.5. The number of anilines is 18. The number of hydrogen-bond donors (Lipinski definition) is 0. The van der Waals surface area contributed by atoms with Crippen molar-refractivity contribution in [2.45, 2.75) is 180 Å². The monoisotopic (exact) mass is 1800 g/mol. The quantitative estimate of drug-likeness (QED) is 0.153. The zero-order valence-corrected chi connectivity index (χ0v) is 81.4. The summed E-state index contributed by atoms with van der Waals surface area (Å²) in [5, 5.41) is 0. The Kier molecular flexibility index (Phi) is 17.2. The van der Waals surface area contributed by atoms with Gasteiger partial charge in [-0.2, -0.15) is 0 Å². The van der Waals surface area contributed by atoms with Crippen LogP contribution < -0.4 is 78.6 Å². The summed E-state index contributed by atoms with van der Waals surface area (Å²) in [7, 11) is 0. The molecule has 3 spiro atoms. The van der Waals surface area contributed by atoms with Crippen molar-refractivity contribution in [1.82, 2.24) is 0 Å². The lowest BCUT2D eigenvalue weighted by molar-refractivity contribution is -0.0419. The lowest BCUT2D eigenvalue weighted by Gasteiger charge is -2.64. The molecule has 678 valence electrons. The van der Waals surface area contributed by atoms with E-state index in [4.69, 9.17) is 0 Å². The molecular weight excluding hydrogens is 1680 g/mol. The number of hydrogen-bond acceptors (Lipinski definition) is 6. The number of benzene rings is 15. The molecule has 0 amide bonds. The molecule has 12 bridgehead atoms. The van der Waals surface area contributed by atoms with Crippen LogP contribution in [0.1, 0.15) is 197 Å². The fourth-order valence-corrected chi connectivity index (χ4v) is 35.7. The maximum absolute atomic E-state index is 2.70. The molecule has 0 saturated heterocycles. The van der Waals surface area contributed by atoms with Gasteiger partial charge >= 0.3 is 0 Å². The summed E-state index contributed by atoms with van der Waals surface area (Å²) in [6, 6.07) is 122. The SMILES string of the molecule is CCc1ccc2c(c1)B1c3cccc4c3N(c3ccccc3C43C4CC5CC(C4)CC3C5)c3cccc(c31)N2c1cccc(C)c1.CCc1ccc2c(c1)N(c1cccc(C)c1)c1cccc3c1B2c1cccc2c1N3c1ccccc1C21C2CC3CC(C2)CC1C3.Cc1cccc(N2c3cc(C(C)C)ccc3B3c4cccc5c4N(c4ccccc4C54C5CC6CC(C5)CC4C6)c4cccc2c43)c1. The third-order valence-electron chi connectivity index (χ3n) is 39.8. The molecule has 9 heterocycles. The normalized spacial score (nSPS) is 26.9. The molecule has 139 heavy (non-hydrogen) atoms. The largest absolute Gasteiger partial charge is 0.311 e. The third-order valence-corrected chi connectivity index (χ3v) is 39.8. The van der Waals surface area contributed by atoms with E-state index < -0.39 is 0 Å². The van der Waals surface area contributed by atoms with Crippen LogP contribution in [-0.4, -0.2) is 20.1 Å². The number of aryl methyl sites for hydroxylation is 5. The van der Waals surface area contributed by atoms with E-state index in [0.29, 0.717) is 5.92 Å². The van der Waals surface area contributed by atoms with E-state index in [9.17, 15) is 0 Å². The molecule has 0 unspecified atom stereocenters. The predicted molar refractivity (Wildman–Crippen MR) is 582 cm³/mol. The average molecular weight is 1800 g/mol. The molecule has 12 fully saturated rings. The highest BCUT2D eigenvalue weighted by molar-refractivity contribution is 7.02.